The lowest BCUT2D eigenvalue weighted by Crippen LogP contribution is -2.41. The lowest BCUT2D eigenvalue weighted by molar-refractivity contribution is 0.00578. The van der Waals surface area contributed by atoms with Crippen LogP contribution in [-0.2, 0) is 9.31 Å². The van der Waals surface area contributed by atoms with Gasteiger partial charge in [0.05, 0.1) is 22.8 Å². The molecule has 1 saturated heterocycles. The number of ether oxygens (including phenoxy) is 1. The summed E-state index contributed by atoms with van der Waals surface area (Å²) in [4.78, 5) is 0. The maximum absolute atomic E-state index is 8.94. The number of nitriles is 1. The minimum absolute atomic E-state index is 0.357. The molecule has 0 bridgehead atoms. The molecule has 0 unspecified atom stereocenters. The molecule has 24 heavy (non-hydrogen) atoms. The van der Waals surface area contributed by atoms with E-state index in [2.05, 4.69) is 6.07 Å². The van der Waals surface area contributed by atoms with Gasteiger partial charge in [0.15, 0.2) is 0 Å². The summed E-state index contributed by atoms with van der Waals surface area (Å²) in [6, 6.07) is 16.8. The summed E-state index contributed by atoms with van der Waals surface area (Å²) in [5.41, 5.74) is 0.808. The van der Waals surface area contributed by atoms with Crippen molar-refractivity contribution < 1.29 is 14.0 Å². The van der Waals surface area contributed by atoms with Crippen LogP contribution in [0.2, 0.25) is 0 Å². The van der Waals surface area contributed by atoms with Crippen LogP contribution < -0.4 is 10.2 Å². The topological polar surface area (TPSA) is 51.5 Å². The number of hydrogen-bond donors (Lipinski definition) is 0. The van der Waals surface area contributed by atoms with Crippen molar-refractivity contribution in [1.29, 1.82) is 5.26 Å². The lowest BCUT2D eigenvalue weighted by atomic mass is 9.79. The lowest BCUT2D eigenvalue weighted by Gasteiger charge is -2.32. The van der Waals surface area contributed by atoms with Gasteiger partial charge in [-0.25, -0.2) is 0 Å². The summed E-state index contributed by atoms with van der Waals surface area (Å²) in [7, 11) is -0.383. The third-order valence-electron chi connectivity index (χ3n) is 4.60. The Labute approximate surface area is 143 Å². The van der Waals surface area contributed by atoms with E-state index in [1.807, 2.05) is 58.0 Å². The van der Waals surface area contributed by atoms with Gasteiger partial charge in [0, 0.05) is 0 Å². The fraction of sp³-hybridized carbons (Fsp3) is 0.316. The molecule has 0 radical (unpaired) electrons. The van der Waals surface area contributed by atoms with Crippen LogP contribution in [0.25, 0.3) is 0 Å². The first-order chi connectivity index (χ1) is 11.3. The number of nitrogens with zero attached hydrogens (tertiary/aromatic N) is 1. The monoisotopic (exact) mass is 321 g/mol. The zero-order chi connectivity index (χ0) is 17.4. The second kappa shape index (κ2) is 5.97. The van der Waals surface area contributed by atoms with Gasteiger partial charge in [0.1, 0.15) is 11.5 Å². The van der Waals surface area contributed by atoms with Crippen molar-refractivity contribution in [3.05, 3.63) is 54.1 Å². The van der Waals surface area contributed by atoms with Crippen molar-refractivity contribution in [3.63, 3.8) is 0 Å². The van der Waals surface area contributed by atoms with Gasteiger partial charge in [-0.2, -0.15) is 5.26 Å². The van der Waals surface area contributed by atoms with Crippen LogP contribution in [0.15, 0.2) is 48.5 Å². The molecule has 122 valence electrons. The summed E-state index contributed by atoms with van der Waals surface area (Å²) in [6.07, 6.45) is 0. The number of rotatable bonds is 3. The highest BCUT2D eigenvalue weighted by Crippen LogP contribution is 2.36. The zero-order valence-corrected chi connectivity index (χ0v) is 14.4. The van der Waals surface area contributed by atoms with Crippen molar-refractivity contribution in [3.8, 4) is 17.6 Å². The second-order valence-corrected chi connectivity index (χ2v) is 6.90. The Bertz CT molecular complexity index is 762. The van der Waals surface area contributed by atoms with E-state index >= 15 is 0 Å². The number of hydrogen-bond acceptors (Lipinski definition) is 4. The zero-order valence-electron chi connectivity index (χ0n) is 14.4. The predicted molar refractivity (Wildman–Crippen MR) is 93.4 cm³/mol. The summed E-state index contributed by atoms with van der Waals surface area (Å²) in [5.74, 6) is 1.34. The number of benzene rings is 2. The fourth-order valence-electron chi connectivity index (χ4n) is 2.44. The van der Waals surface area contributed by atoms with E-state index in [-0.39, 0.29) is 18.3 Å². The van der Waals surface area contributed by atoms with Crippen molar-refractivity contribution in [2.45, 2.75) is 38.9 Å². The Kier molecular flexibility index (Phi) is 4.12. The Morgan fingerprint density at radius 3 is 2.12 bits per heavy atom. The second-order valence-electron chi connectivity index (χ2n) is 6.90. The Balaban J connectivity index is 1.74. The molecule has 0 N–H and O–H groups in total. The summed E-state index contributed by atoms with van der Waals surface area (Å²) in [5, 5.41) is 8.94. The molecule has 0 aliphatic carbocycles. The first kappa shape index (κ1) is 16.6. The highest BCUT2D eigenvalue weighted by Gasteiger charge is 2.51. The molecular weight excluding hydrogens is 301 g/mol. The summed E-state index contributed by atoms with van der Waals surface area (Å²) in [6.45, 7) is 8.14. The van der Waals surface area contributed by atoms with E-state index < -0.39 is 0 Å². The molecule has 3 rings (SSSR count). The smallest absolute Gasteiger partial charge is 0.457 e. The van der Waals surface area contributed by atoms with Gasteiger partial charge in [-0.15, -0.1) is 0 Å². The third-order valence-corrected chi connectivity index (χ3v) is 4.60. The molecule has 1 aliphatic rings. The standard InChI is InChI=1S/C19H20BNO3/c1-18(2)19(3,4)24-20(23-18)15-8-10-16(11-9-15)22-17-7-5-6-14(12-17)13-21/h5-12H,1-4H3. The van der Waals surface area contributed by atoms with Gasteiger partial charge in [-0.3, -0.25) is 0 Å². The van der Waals surface area contributed by atoms with Crippen LogP contribution in [-0.4, -0.2) is 18.3 Å². The Morgan fingerprint density at radius 2 is 1.54 bits per heavy atom. The van der Waals surface area contributed by atoms with Crippen LogP contribution in [0.4, 0.5) is 0 Å². The molecule has 0 atom stereocenters. The van der Waals surface area contributed by atoms with E-state index in [0.29, 0.717) is 17.1 Å². The molecule has 0 spiro atoms. The quantitative estimate of drug-likeness (QED) is 0.810. The SMILES string of the molecule is CC1(C)OB(c2ccc(Oc3cccc(C#N)c3)cc2)OC1(C)C. The van der Waals surface area contributed by atoms with Crippen LogP contribution in [0.5, 0.6) is 11.5 Å². The van der Waals surface area contributed by atoms with Crippen LogP contribution in [0, 0.1) is 11.3 Å². The molecular formula is C19H20BNO3. The van der Waals surface area contributed by atoms with E-state index in [1.54, 1.807) is 18.2 Å². The van der Waals surface area contributed by atoms with E-state index in [9.17, 15) is 0 Å². The Morgan fingerprint density at radius 1 is 0.917 bits per heavy atom. The molecule has 4 nitrogen and oxygen atoms in total. The average Bonchev–Trinajstić information content (AvgIpc) is 2.76. The summed E-state index contributed by atoms with van der Waals surface area (Å²) < 4.78 is 17.9. The van der Waals surface area contributed by atoms with Gasteiger partial charge >= 0.3 is 7.12 Å². The molecule has 1 aliphatic heterocycles. The highest BCUT2D eigenvalue weighted by molar-refractivity contribution is 6.62. The molecule has 2 aromatic carbocycles. The van der Waals surface area contributed by atoms with E-state index in [0.717, 1.165) is 5.46 Å². The largest absolute Gasteiger partial charge is 0.494 e. The average molecular weight is 321 g/mol. The minimum Gasteiger partial charge on any atom is -0.457 e. The van der Waals surface area contributed by atoms with E-state index in [4.69, 9.17) is 19.3 Å². The van der Waals surface area contributed by atoms with Crippen molar-refractivity contribution in [1.82, 2.24) is 0 Å². The third kappa shape index (κ3) is 3.16. The summed E-state index contributed by atoms with van der Waals surface area (Å²) >= 11 is 0. The van der Waals surface area contributed by atoms with Gasteiger partial charge in [-0.1, -0.05) is 18.2 Å². The first-order valence-electron chi connectivity index (χ1n) is 7.94. The van der Waals surface area contributed by atoms with Crippen LogP contribution in [0.3, 0.4) is 0 Å². The highest BCUT2D eigenvalue weighted by atomic mass is 16.7. The molecule has 0 saturated carbocycles. The van der Waals surface area contributed by atoms with Crippen molar-refractivity contribution in [2.24, 2.45) is 0 Å². The maximum Gasteiger partial charge on any atom is 0.494 e. The fourth-order valence-corrected chi connectivity index (χ4v) is 2.44. The molecule has 1 heterocycles. The normalized spacial score (nSPS) is 18.2. The van der Waals surface area contributed by atoms with Crippen molar-refractivity contribution in [2.75, 3.05) is 0 Å². The van der Waals surface area contributed by atoms with Gasteiger partial charge in [-0.05, 0) is 63.5 Å². The van der Waals surface area contributed by atoms with Crippen LogP contribution >= 0.6 is 0 Å². The van der Waals surface area contributed by atoms with E-state index in [1.165, 1.54) is 0 Å². The van der Waals surface area contributed by atoms with Crippen LogP contribution in [0.1, 0.15) is 33.3 Å². The first-order valence-corrected chi connectivity index (χ1v) is 7.94. The molecule has 0 aromatic heterocycles. The molecule has 1 fully saturated rings. The van der Waals surface area contributed by atoms with Crippen molar-refractivity contribution >= 4 is 12.6 Å². The predicted octanol–water partition coefficient (Wildman–Crippen LogP) is 3.65. The Hall–Kier alpha value is -2.29. The van der Waals surface area contributed by atoms with Gasteiger partial charge in [0.25, 0.3) is 0 Å². The molecule has 2 aromatic rings. The molecule has 0 amide bonds. The van der Waals surface area contributed by atoms with Gasteiger partial charge in [0.2, 0.25) is 0 Å². The maximum atomic E-state index is 8.94. The molecule has 5 heteroatoms. The van der Waals surface area contributed by atoms with Gasteiger partial charge < -0.3 is 14.0 Å². The minimum atomic E-state index is -0.383.